The molecule has 0 aliphatic heterocycles. The number of esters is 1. The van der Waals surface area contributed by atoms with Crippen LogP contribution in [0.3, 0.4) is 0 Å². The highest BCUT2D eigenvalue weighted by Crippen LogP contribution is 2.40. The number of hydrogen-bond acceptors (Lipinski definition) is 4. The smallest absolute Gasteiger partial charge is 0.313 e. The van der Waals surface area contributed by atoms with Crippen molar-refractivity contribution in [3.63, 3.8) is 0 Å². The highest BCUT2D eigenvalue weighted by Gasteiger charge is 2.31. The van der Waals surface area contributed by atoms with Crippen molar-refractivity contribution in [1.29, 1.82) is 0 Å². The molecule has 1 atom stereocenters. The van der Waals surface area contributed by atoms with Gasteiger partial charge in [0.15, 0.2) is 0 Å². The van der Waals surface area contributed by atoms with Crippen LogP contribution in [-0.4, -0.2) is 12.6 Å². The number of anilines is 1. The Balaban J connectivity index is 2.20. The molecule has 0 saturated heterocycles. The Morgan fingerprint density at radius 1 is 1.79 bits per heavy atom. The van der Waals surface area contributed by atoms with Crippen LogP contribution < -0.4 is 5.73 Å². The number of hydrogen-bond donors (Lipinski definition) is 1. The van der Waals surface area contributed by atoms with E-state index in [-0.39, 0.29) is 11.9 Å². The van der Waals surface area contributed by atoms with E-state index >= 15 is 0 Å². The van der Waals surface area contributed by atoms with E-state index in [9.17, 15) is 4.79 Å². The van der Waals surface area contributed by atoms with Crippen LogP contribution in [-0.2, 0) is 16.0 Å². The second-order valence-electron chi connectivity index (χ2n) is 3.37. The first-order chi connectivity index (χ1) is 6.72. The van der Waals surface area contributed by atoms with E-state index in [0.29, 0.717) is 6.61 Å². The third kappa shape index (κ3) is 1.50. The first-order valence-corrected chi connectivity index (χ1v) is 5.58. The van der Waals surface area contributed by atoms with Crippen LogP contribution in [0.1, 0.15) is 29.7 Å². The van der Waals surface area contributed by atoms with Crippen molar-refractivity contribution in [2.45, 2.75) is 25.7 Å². The quantitative estimate of drug-likeness (QED) is 0.760. The fraction of sp³-hybridized carbons (Fsp3) is 0.500. The van der Waals surface area contributed by atoms with E-state index in [4.69, 9.17) is 10.5 Å². The summed E-state index contributed by atoms with van der Waals surface area (Å²) in [5.74, 6) is -0.178. The van der Waals surface area contributed by atoms with Crippen molar-refractivity contribution in [3.05, 3.63) is 16.5 Å². The van der Waals surface area contributed by atoms with Crippen molar-refractivity contribution >= 4 is 22.3 Å². The van der Waals surface area contributed by atoms with Gasteiger partial charge in [0.05, 0.1) is 17.5 Å². The summed E-state index contributed by atoms with van der Waals surface area (Å²) in [7, 11) is 0. The minimum absolute atomic E-state index is 0.0708. The number of nitrogen functional groups attached to an aromatic ring is 1. The van der Waals surface area contributed by atoms with Gasteiger partial charge in [-0.15, -0.1) is 11.3 Å². The van der Waals surface area contributed by atoms with E-state index in [1.54, 1.807) is 11.3 Å². The molecule has 1 aliphatic carbocycles. The standard InChI is InChI=1S/C10H13NO2S/c1-2-13-10(12)6-3-4-8-7(6)5-9(11)14-8/h5-6H,2-4,11H2,1H3. The van der Waals surface area contributed by atoms with Crippen LogP contribution in [0.4, 0.5) is 5.00 Å². The van der Waals surface area contributed by atoms with Crippen molar-refractivity contribution < 1.29 is 9.53 Å². The zero-order chi connectivity index (χ0) is 10.1. The summed E-state index contributed by atoms with van der Waals surface area (Å²) in [5, 5.41) is 0.795. The van der Waals surface area contributed by atoms with Crippen molar-refractivity contribution in [3.8, 4) is 0 Å². The van der Waals surface area contributed by atoms with Gasteiger partial charge in [0.25, 0.3) is 0 Å². The molecule has 3 nitrogen and oxygen atoms in total. The topological polar surface area (TPSA) is 52.3 Å². The molecule has 1 unspecified atom stereocenters. The van der Waals surface area contributed by atoms with E-state index in [1.807, 2.05) is 13.0 Å². The van der Waals surface area contributed by atoms with Gasteiger partial charge in [-0.05, 0) is 31.4 Å². The third-order valence-corrected chi connectivity index (χ3v) is 3.51. The molecule has 0 bridgehead atoms. The number of carbonyl (C=O) groups excluding carboxylic acids is 1. The summed E-state index contributed by atoms with van der Waals surface area (Å²) in [6.45, 7) is 2.28. The number of fused-ring (bicyclic) bond motifs is 1. The maximum atomic E-state index is 11.6. The Labute approximate surface area is 86.9 Å². The minimum Gasteiger partial charge on any atom is -0.466 e. The molecule has 1 aromatic heterocycles. The molecular formula is C10H13NO2S. The van der Waals surface area contributed by atoms with Crippen LogP contribution >= 0.6 is 11.3 Å². The van der Waals surface area contributed by atoms with Gasteiger partial charge in [-0.1, -0.05) is 0 Å². The lowest BCUT2D eigenvalue weighted by atomic mass is 10.0. The number of ether oxygens (including phenoxy) is 1. The molecule has 2 rings (SSSR count). The lowest BCUT2D eigenvalue weighted by Crippen LogP contribution is -2.13. The predicted octanol–water partition coefficient (Wildman–Crippen LogP) is 1.92. The molecule has 1 aliphatic rings. The molecule has 0 spiro atoms. The second-order valence-corrected chi connectivity index (χ2v) is 4.54. The highest BCUT2D eigenvalue weighted by atomic mass is 32.1. The van der Waals surface area contributed by atoms with Crippen LogP contribution in [0.15, 0.2) is 6.07 Å². The molecule has 0 radical (unpaired) electrons. The summed E-state index contributed by atoms with van der Waals surface area (Å²) < 4.78 is 5.02. The molecule has 2 N–H and O–H groups in total. The number of thiophene rings is 1. The van der Waals surface area contributed by atoms with Gasteiger partial charge in [0, 0.05) is 4.88 Å². The fourth-order valence-corrected chi connectivity index (χ4v) is 2.88. The Hall–Kier alpha value is -1.03. The molecule has 1 heterocycles. The number of carbonyl (C=O) groups is 1. The summed E-state index contributed by atoms with van der Waals surface area (Å²) in [5.41, 5.74) is 6.78. The Bertz CT molecular complexity index is 359. The number of nitrogens with two attached hydrogens (primary N) is 1. The van der Waals surface area contributed by atoms with Gasteiger partial charge in [-0.3, -0.25) is 4.79 Å². The van der Waals surface area contributed by atoms with Gasteiger partial charge >= 0.3 is 5.97 Å². The molecule has 0 amide bonds. The van der Waals surface area contributed by atoms with Crippen LogP contribution in [0.25, 0.3) is 0 Å². The lowest BCUT2D eigenvalue weighted by molar-refractivity contribution is -0.144. The van der Waals surface area contributed by atoms with Gasteiger partial charge in [-0.25, -0.2) is 0 Å². The monoisotopic (exact) mass is 211 g/mol. The zero-order valence-electron chi connectivity index (χ0n) is 8.08. The Morgan fingerprint density at radius 3 is 3.29 bits per heavy atom. The van der Waals surface area contributed by atoms with Gasteiger partial charge in [-0.2, -0.15) is 0 Å². The van der Waals surface area contributed by atoms with Crippen molar-refractivity contribution in [1.82, 2.24) is 0 Å². The molecule has 1 aromatic rings. The maximum absolute atomic E-state index is 11.6. The van der Waals surface area contributed by atoms with Crippen molar-refractivity contribution in [2.75, 3.05) is 12.3 Å². The third-order valence-electron chi connectivity index (χ3n) is 2.47. The van der Waals surface area contributed by atoms with Gasteiger partial charge in [0.1, 0.15) is 0 Å². The largest absolute Gasteiger partial charge is 0.466 e. The Morgan fingerprint density at radius 2 is 2.57 bits per heavy atom. The maximum Gasteiger partial charge on any atom is 0.313 e. The first-order valence-electron chi connectivity index (χ1n) is 4.77. The molecular weight excluding hydrogens is 198 g/mol. The van der Waals surface area contributed by atoms with Crippen LogP contribution in [0.2, 0.25) is 0 Å². The van der Waals surface area contributed by atoms with E-state index in [0.717, 1.165) is 23.4 Å². The van der Waals surface area contributed by atoms with Crippen LogP contribution in [0.5, 0.6) is 0 Å². The van der Waals surface area contributed by atoms with E-state index in [1.165, 1.54) is 4.88 Å². The first kappa shape index (κ1) is 9.52. The minimum atomic E-state index is -0.107. The average Bonchev–Trinajstić information content (AvgIpc) is 2.62. The summed E-state index contributed by atoms with van der Waals surface area (Å²) in [6, 6.07) is 1.91. The molecule has 14 heavy (non-hydrogen) atoms. The van der Waals surface area contributed by atoms with Gasteiger partial charge < -0.3 is 10.5 Å². The summed E-state index contributed by atoms with van der Waals surface area (Å²) in [6.07, 6.45) is 1.83. The van der Waals surface area contributed by atoms with Crippen molar-refractivity contribution in [2.24, 2.45) is 0 Å². The van der Waals surface area contributed by atoms with Crippen LogP contribution in [0, 0.1) is 0 Å². The lowest BCUT2D eigenvalue weighted by Gasteiger charge is -2.08. The van der Waals surface area contributed by atoms with E-state index in [2.05, 4.69) is 0 Å². The second kappa shape index (κ2) is 3.61. The van der Waals surface area contributed by atoms with Gasteiger partial charge in [0.2, 0.25) is 0 Å². The number of aryl methyl sites for hydroxylation is 1. The predicted molar refractivity (Wildman–Crippen MR) is 56.4 cm³/mol. The van der Waals surface area contributed by atoms with E-state index < -0.39 is 0 Å². The number of rotatable bonds is 2. The molecule has 0 saturated carbocycles. The summed E-state index contributed by atoms with van der Waals surface area (Å²) >= 11 is 1.59. The molecule has 4 heteroatoms. The fourth-order valence-electron chi connectivity index (χ4n) is 1.87. The molecule has 0 fully saturated rings. The molecule has 76 valence electrons. The zero-order valence-corrected chi connectivity index (χ0v) is 8.89. The Kier molecular flexibility index (Phi) is 2.46. The average molecular weight is 211 g/mol. The summed E-state index contributed by atoms with van der Waals surface area (Å²) in [4.78, 5) is 12.8. The SMILES string of the molecule is CCOC(=O)C1CCc2sc(N)cc21. The molecule has 0 aromatic carbocycles. The highest BCUT2D eigenvalue weighted by molar-refractivity contribution is 7.16. The normalized spacial score (nSPS) is 19.4.